The van der Waals surface area contributed by atoms with Crippen LogP contribution in [0.25, 0.3) is 0 Å². The molecule has 0 unspecified atom stereocenters. The Morgan fingerprint density at radius 1 is 0.318 bits per heavy atom. The van der Waals surface area contributed by atoms with Crippen LogP contribution in [0, 0.1) is 54.1 Å². The topological polar surface area (TPSA) is 125 Å². The third-order valence-corrected chi connectivity index (χ3v) is 14.7. The molecule has 10 nitrogen and oxygen atoms in total. The summed E-state index contributed by atoms with van der Waals surface area (Å²) in [5.74, 6) is 3.14. The molecule has 1 aromatic carbocycles. The summed E-state index contributed by atoms with van der Waals surface area (Å²) in [6, 6.07) is 49.3. The molecule has 10 aromatic rings. The van der Waals surface area contributed by atoms with Gasteiger partial charge in [0.25, 0.3) is 0 Å². The Morgan fingerprint density at radius 2 is 0.729 bits per heavy atom. The fourth-order valence-corrected chi connectivity index (χ4v) is 10.5. The van der Waals surface area contributed by atoms with Gasteiger partial charge in [0.05, 0.1) is 18.7 Å². The number of rotatable bonds is 11. The number of pyridine rings is 4. The first-order valence-corrected chi connectivity index (χ1v) is 39.0. The van der Waals surface area contributed by atoms with Crippen LogP contribution in [0.1, 0.15) is 271 Å². The lowest BCUT2D eigenvalue weighted by Gasteiger charge is -2.18. The van der Waals surface area contributed by atoms with Gasteiger partial charge in [-0.25, -0.2) is 0 Å². The molecule has 0 aliphatic rings. The molecular weight excluding hydrogens is 1310 g/mol. The van der Waals surface area contributed by atoms with Gasteiger partial charge in [-0.3, -0.25) is 19.9 Å². The van der Waals surface area contributed by atoms with Crippen molar-refractivity contribution in [2.75, 3.05) is 0 Å². The van der Waals surface area contributed by atoms with Crippen molar-refractivity contribution in [3.8, 4) is 0 Å². The molecule has 9 aromatic heterocycles. The number of hydrogen-bond acceptors (Lipinski definition) is 8. The maximum absolute atomic E-state index is 5.23. The van der Waals surface area contributed by atoms with Crippen LogP contribution < -0.4 is 0 Å². The number of aryl methyl sites for hydroxylation is 2. The molecule has 0 amide bonds. The van der Waals surface area contributed by atoms with Crippen molar-refractivity contribution in [2.24, 2.45) is 61.2 Å². The van der Waals surface area contributed by atoms with E-state index in [-0.39, 0.29) is 0 Å². The smallest absolute Gasteiger partial charge is 0.137 e. The van der Waals surface area contributed by atoms with Crippen molar-refractivity contribution < 1.29 is 13.4 Å². The van der Waals surface area contributed by atoms with Crippen LogP contribution in [0.3, 0.4) is 0 Å². The summed E-state index contributed by atoms with van der Waals surface area (Å²) in [6.45, 7) is 67.0. The molecule has 0 bridgehead atoms. The molecule has 0 atom stereocenters. The van der Waals surface area contributed by atoms with Gasteiger partial charge in [0.15, 0.2) is 0 Å². The quantitative estimate of drug-likeness (QED) is 0.136. The van der Waals surface area contributed by atoms with E-state index in [9.17, 15) is 0 Å². The molecule has 0 spiro atoms. The van der Waals surface area contributed by atoms with Crippen LogP contribution in [-0.2, 0) is 71.3 Å². The molecule has 592 valence electrons. The average molecular weight is 1460 g/mol. The van der Waals surface area contributed by atoms with Crippen LogP contribution in [0.2, 0.25) is 0 Å². The van der Waals surface area contributed by atoms with Crippen LogP contribution in [0.4, 0.5) is 0 Å². The van der Waals surface area contributed by atoms with Gasteiger partial charge in [-0.05, 0) is 207 Å². The number of furan rings is 2. The largest absolute Gasteiger partial charge is 0.469 e. The zero-order valence-corrected chi connectivity index (χ0v) is 73.4. The number of H-pyrrole nitrogens is 1. The Bertz CT molecular complexity index is 3240. The molecule has 0 aliphatic carbocycles. The van der Waals surface area contributed by atoms with Crippen LogP contribution in [-0.4, -0.2) is 34.6 Å². The summed E-state index contributed by atoms with van der Waals surface area (Å²) in [6.07, 6.45) is 32.3. The minimum Gasteiger partial charge on any atom is -0.469 e. The lowest BCUT2D eigenvalue weighted by atomic mass is 9.88. The Hall–Kier alpha value is -7.85. The van der Waals surface area contributed by atoms with Crippen molar-refractivity contribution in [1.82, 2.24) is 34.6 Å². The zero-order chi connectivity index (χ0) is 81.2. The highest BCUT2D eigenvalue weighted by Crippen LogP contribution is 2.27. The second kappa shape index (κ2) is 47.2. The van der Waals surface area contributed by atoms with E-state index in [1.54, 1.807) is 18.7 Å². The van der Waals surface area contributed by atoms with Gasteiger partial charge in [0.1, 0.15) is 17.3 Å². The Labute approximate surface area is 654 Å². The second-order valence-electron chi connectivity index (χ2n) is 40.5. The first kappa shape index (κ1) is 97.2. The van der Waals surface area contributed by atoms with Gasteiger partial charge in [0.2, 0.25) is 0 Å². The van der Waals surface area contributed by atoms with E-state index in [0.717, 1.165) is 81.5 Å². The van der Waals surface area contributed by atoms with Gasteiger partial charge in [-0.2, -0.15) is 0 Å². The molecule has 0 saturated heterocycles. The molecule has 10 heteroatoms. The van der Waals surface area contributed by atoms with E-state index in [4.69, 9.17) is 13.4 Å². The number of nitrogens with one attached hydrogen (secondary N) is 1. The molecule has 1 N–H and O–H groups in total. The van der Waals surface area contributed by atoms with Crippen LogP contribution in [0.5, 0.6) is 0 Å². The third-order valence-electron chi connectivity index (χ3n) is 14.7. The Morgan fingerprint density at radius 3 is 1.06 bits per heavy atom. The van der Waals surface area contributed by atoms with E-state index in [1.807, 2.05) is 116 Å². The Balaban J connectivity index is 0.000000595. The molecule has 0 aliphatic heterocycles. The summed E-state index contributed by atoms with van der Waals surface area (Å²) >= 11 is 0. The lowest BCUT2D eigenvalue weighted by Crippen LogP contribution is -2.11. The standard InChI is InChI=1S/C11H16.C10H17N.4C10H15N.C10H16O.C9H15N.C9H14O.C8H13NO/c1-11(2,3)9-10-7-5-4-6-8-10;1-10(2,3)8-9-6-5-7-11(9)4;2*1-10(2,3)7-9-5-4-6-11-8-9;2*1-10(2,3)8-9-6-4-5-7-11-9;1-10(2,3)7-6-9-5-4-8-11-9;2*1-9(2,3)7-8-5-4-6-10-8;1-8(2,3)6-7-4-5-9-10-7/h4-8H,9H2,1-3H3;5-7H,8H2,1-4H3;2*4-6,8H,7H2,1-3H3;2*4-7H,8H2,1-3H3;4-5,8H,6-7H2,1-3H3;4-6,10H,7H2,1-3H3;4-6H,7H2,1-3H3;4-5H,6H2,1-3H3. The van der Waals surface area contributed by atoms with Crippen molar-refractivity contribution in [3.63, 3.8) is 0 Å². The molecule has 0 saturated carbocycles. The van der Waals surface area contributed by atoms with E-state index in [1.165, 1.54) is 45.9 Å². The maximum Gasteiger partial charge on any atom is 0.137 e. The van der Waals surface area contributed by atoms with Crippen molar-refractivity contribution in [3.05, 3.63) is 271 Å². The number of hydrogen-bond donors (Lipinski definition) is 1. The fourth-order valence-electron chi connectivity index (χ4n) is 10.5. The number of benzene rings is 1. The Kier molecular flexibility index (Phi) is 42.8. The molecule has 0 radical (unpaired) electrons. The van der Waals surface area contributed by atoms with E-state index >= 15 is 0 Å². The van der Waals surface area contributed by atoms with E-state index < -0.39 is 0 Å². The summed E-state index contributed by atoms with van der Waals surface area (Å²) in [7, 11) is 2.10. The number of nitrogens with zero attached hydrogens (tertiary/aromatic N) is 6. The van der Waals surface area contributed by atoms with Gasteiger partial charge in [-0.15, -0.1) is 0 Å². The van der Waals surface area contributed by atoms with Crippen LogP contribution >= 0.6 is 0 Å². The predicted molar refractivity (Wildman–Crippen MR) is 460 cm³/mol. The SMILES string of the molecule is CC(C)(C)CCc1ccco1.CC(C)(C)Cc1ccc[nH]1.CC(C)(C)Cc1ccccc1.CC(C)(C)Cc1ccccn1.CC(C)(C)Cc1ccccn1.CC(C)(C)Cc1cccnc1.CC(C)(C)Cc1cccnc1.CC(C)(C)Cc1ccco1.CC(C)(C)Cc1ccno1.Cn1cccc1CC(C)(C)C. The average Bonchev–Trinajstić information content (AvgIpc) is 1.75. The van der Waals surface area contributed by atoms with E-state index in [2.05, 4.69) is 328 Å². The molecule has 9 heterocycles. The van der Waals surface area contributed by atoms with Crippen molar-refractivity contribution >= 4 is 0 Å². The van der Waals surface area contributed by atoms with Crippen molar-refractivity contribution in [2.45, 2.75) is 278 Å². The first-order valence-electron chi connectivity index (χ1n) is 39.0. The highest BCUT2D eigenvalue weighted by Gasteiger charge is 2.18. The number of aromatic nitrogens is 7. The highest BCUT2D eigenvalue weighted by molar-refractivity contribution is 5.17. The normalized spacial score (nSPS) is 11.7. The summed E-state index contributed by atoms with van der Waals surface area (Å²) in [5, 5.41) is 3.63. The molecule has 0 fully saturated rings. The van der Waals surface area contributed by atoms with Gasteiger partial charge in [-0.1, -0.05) is 267 Å². The minimum atomic E-state index is 0.291. The van der Waals surface area contributed by atoms with Gasteiger partial charge >= 0.3 is 0 Å². The van der Waals surface area contributed by atoms with E-state index in [0.29, 0.717) is 54.1 Å². The van der Waals surface area contributed by atoms with Crippen LogP contribution in [0.15, 0.2) is 227 Å². The van der Waals surface area contributed by atoms with Crippen molar-refractivity contribution in [1.29, 1.82) is 0 Å². The zero-order valence-electron chi connectivity index (χ0n) is 73.4. The highest BCUT2D eigenvalue weighted by atomic mass is 16.5. The second-order valence-corrected chi connectivity index (χ2v) is 40.5. The fraction of sp³-hybridized carbons (Fsp3) is 0.536. The molecular formula is C97H151N7O3. The monoisotopic (exact) mass is 1460 g/mol. The molecule has 107 heavy (non-hydrogen) atoms. The van der Waals surface area contributed by atoms with Gasteiger partial charge in [0, 0.05) is 105 Å². The number of aromatic amines is 1. The molecule has 10 rings (SSSR count). The maximum atomic E-state index is 5.23. The first-order chi connectivity index (χ1) is 49.2. The predicted octanol–water partition coefficient (Wildman–Crippen LogP) is 27.6. The lowest BCUT2D eigenvalue weighted by molar-refractivity contribution is 0.320. The minimum absolute atomic E-state index is 0.291. The van der Waals surface area contributed by atoms with Gasteiger partial charge < -0.3 is 22.9 Å². The summed E-state index contributed by atoms with van der Waals surface area (Å²) < 4.78 is 17.6. The summed E-state index contributed by atoms with van der Waals surface area (Å²) in [5.41, 5.74) is 12.8. The third kappa shape index (κ3) is 61.8. The summed E-state index contributed by atoms with van der Waals surface area (Å²) in [4.78, 5) is 19.9.